The van der Waals surface area contributed by atoms with Gasteiger partial charge in [-0.25, -0.2) is 13.4 Å². The summed E-state index contributed by atoms with van der Waals surface area (Å²) in [5.74, 6) is 0.532. The predicted octanol–water partition coefficient (Wildman–Crippen LogP) is 2.27. The largest absolute Gasteiger partial charge is 0.495 e. The fourth-order valence-corrected chi connectivity index (χ4v) is 5.75. The smallest absolute Gasteiger partial charge is 0.257 e. The molecule has 12 heteroatoms. The third kappa shape index (κ3) is 4.97. The number of aromatic nitrogens is 3. The zero-order chi connectivity index (χ0) is 23.4. The number of nitrogens with zero attached hydrogens (tertiary/aromatic N) is 5. The Morgan fingerprint density at radius 2 is 1.94 bits per heavy atom. The van der Waals surface area contributed by atoms with Crippen molar-refractivity contribution in [2.45, 2.75) is 18.2 Å². The van der Waals surface area contributed by atoms with Crippen LogP contribution in [0.2, 0.25) is 0 Å². The van der Waals surface area contributed by atoms with Crippen LogP contribution in [0.5, 0.6) is 5.75 Å². The van der Waals surface area contributed by atoms with E-state index in [9.17, 15) is 13.2 Å². The summed E-state index contributed by atoms with van der Waals surface area (Å²) in [6.45, 7) is 3.56. The van der Waals surface area contributed by atoms with Crippen LogP contribution in [0.3, 0.4) is 0 Å². The Labute approximate surface area is 196 Å². The van der Waals surface area contributed by atoms with Gasteiger partial charge in [-0.05, 0) is 36.8 Å². The van der Waals surface area contributed by atoms with Crippen molar-refractivity contribution < 1.29 is 17.9 Å². The molecule has 1 aliphatic heterocycles. The number of nitrogens with one attached hydrogen (secondary N) is 1. The summed E-state index contributed by atoms with van der Waals surface area (Å²) in [5.41, 5.74) is 0.190. The first-order chi connectivity index (χ1) is 15.9. The summed E-state index contributed by atoms with van der Waals surface area (Å²) in [6.07, 6.45) is 2.43. The third-order valence-electron chi connectivity index (χ3n) is 5.25. The molecule has 0 unspecified atom stereocenters. The van der Waals surface area contributed by atoms with E-state index in [0.29, 0.717) is 37.7 Å². The van der Waals surface area contributed by atoms with Gasteiger partial charge in [0.05, 0.1) is 7.11 Å². The van der Waals surface area contributed by atoms with E-state index in [1.165, 1.54) is 41.0 Å². The maximum absolute atomic E-state index is 13.4. The fourth-order valence-electron chi connectivity index (χ4n) is 3.47. The summed E-state index contributed by atoms with van der Waals surface area (Å²) in [5, 5.41) is 11.8. The van der Waals surface area contributed by atoms with Crippen LogP contribution < -0.4 is 15.0 Å². The number of pyridine rings is 1. The number of anilines is 2. The second-order valence-corrected chi connectivity index (χ2v) is 10.2. The van der Waals surface area contributed by atoms with Crippen LogP contribution in [0.1, 0.15) is 22.3 Å². The van der Waals surface area contributed by atoms with Crippen molar-refractivity contribution in [2.75, 3.05) is 43.5 Å². The highest BCUT2D eigenvalue weighted by Crippen LogP contribution is 2.29. The summed E-state index contributed by atoms with van der Waals surface area (Å²) in [7, 11) is -2.48. The van der Waals surface area contributed by atoms with Crippen LogP contribution in [-0.4, -0.2) is 67.1 Å². The van der Waals surface area contributed by atoms with E-state index >= 15 is 0 Å². The Morgan fingerprint density at radius 1 is 1.15 bits per heavy atom. The van der Waals surface area contributed by atoms with Gasteiger partial charge in [0, 0.05) is 37.9 Å². The minimum Gasteiger partial charge on any atom is -0.495 e. The second kappa shape index (κ2) is 9.81. The van der Waals surface area contributed by atoms with Gasteiger partial charge in [0.2, 0.25) is 15.2 Å². The van der Waals surface area contributed by atoms with Crippen molar-refractivity contribution in [1.82, 2.24) is 19.5 Å². The molecule has 3 aromatic rings. The molecule has 1 amide bonds. The van der Waals surface area contributed by atoms with E-state index in [1.54, 1.807) is 6.20 Å². The Hall–Kier alpha value is -3.09. The van der Waals surface area contributed by atoms with Gasteiger partial charge >= 0.3 is 0 Å². The molecule has 0 radical (unpaired) electrons. The van der Waals surface area contributed by atoms with Crippen molar-refractivity contribution in [3.63, 3.8) is 0 Å². The molecule has 174 valence electrons. The quantitative estimate of drug-likeness (QED) is 0.538. The van der Waals surface area contributed by atoms with Gasteiger partial charge in [0.15, 0.2) is 0 Å². The van der Waals surface area contributed by atoms with Gasteiger partial charge in [-0.1, -0.05) is 24.3 Å². The highest BCUT2D eigenvalue weighted by atomic mass is 32.2. The standard InChI is InChI=1S/C21H24N6O4S2/c1-3-19-24-25-21(32-19)23-20(28)15-7-8-16(31-2)17(14-15)33(29,30)27-12-10-26(11-13-27)18-6-4-5-9-22-18/h4-9,14H,3,10-13H2,1-2H3,(H,23,25,28). The van der Waals surface area contributed by atoms with Crippen LogP contribution in [-0.2, 0) is 16.4 Å². The van der Waals surface area contributed by atoms with Crippen LogP contribution >= 0.6 is 11.3 Å². The number of rotatable bonds is 7. The normalized spacial score (nSPS) is 14.8. The molecule has 1 N–H and O–H groups in total. The lowest BCUT2D eigenvalue weighted by atomic mass is 10.2. The van der Waals surface area contributed by atoms with Crippen LogP contribution in [0.4, 0.5) is 10.9 Å². The van der Waals surface area contributed by atoms with E-state index in [-0.39, 0.29) is 16.2 Å². The first kappa shape index (κ1) is 23.1. The van der Waals surface area contributed by atoms with E-state index in [4.69, 9.17) is 4.74 Å². The molecule has 0 saturated carbocycles. The lowest BCUT2D eigenvalue weighted by Gasteiger charge is -2.34. The molecular weight excluding hydrogens is 464 g/mol. The maximum Gasteiger partial charge on any atom is 0.257 e. The average Bonchev–Trinajstić information content (AvgIpc) is 3.31. The molecule has 1 aromatic carbocycles. The van der Waals surface area contributed by atoms with Crippen molar-refractivity contribution >= 4 is 38.2 Å². The van der Waals surface area contributed by atoms with E-state index in [2.05, 4.69) is 20.5 Å². The topological polar surface area (TPSA) is 118 Å². The van der Waals surface area contributed by atoms with Crippen molar-refractivity contribution in [3.8, 4) is 5.75 Å². The van der Waals surface area contributed by atoms with Crippen LogP contribution in [0.25, 0.3) is 0 Å². The number of carbonyl (C=O) groups excluding carboxylic acids is 1. The number of hydrogen-bond donors (Lipinski definition) is 1. The molecule has 2 aromatic heterocycles. The molecule has 1 saturated heterocycles. The van der Waals surface area contributed by atoms with Gasteiger partial charge in [-0.2, -0.15) is 4.31 Å². The fraction of sp³-hybridized carbons (Fsp3) is 0.333. The number of piperazine rings is 1. The number of benzene rings is 1. The van der Waals surface area contributed by atoms with Crippen molar-refractivity contribution in [1.29, 1.82) is 0 Å². The van der Waals surface area contributed by atoms with Gasteiger partial charge in [-0.3, -0.25) is 10.1 Å². The SMILES string of the molecule is CCc1nnc(NC(=O)c2ccc(OC)c(S(=O)(=O)N3CCN(c4ccccn4)CC3)c2)s1. The van der Waals surface area contributed by atoms with E-state index < -0.39 is 15.9 Å². The number of methoxy groups -OCH3 is 1. The first-order valence-electron chi connectivity index (χ1n) is 10.4. The molecule has 0 aliphatic carbocycles. The van der Waals surface area contributed by atoms with Gasteiger partial charge in [0.1, 0.15) is 21.5 Å². The Bertz CT molecular complexity index is 1220. The molecule has 1 fully saturated rings. The molecule has 4 rings (SSSR count). The second-order valence-electron chi connectivity index (χ2n) is 7.25. The lowest BCUT2D eigenvalue weighted by Crippen LogP contribution is -2.49. The number of hydrogen-bond acceptors (Lipinski definition) is 9. The Balaban J connectivity index is 1.53. The summed E-state index contributed by atoms with van der Waals surface area (Å²) in [4.78, 5) is 19.1. The molecule has 0 atom stereocenters. The van der Waals surface area contributed by atoms with Gasteiger partial charge in [0.25, 0.3) is 5.91 Å². The highest BCUT2D eigenvalue weighted by molar-refractivity contribution is 7.89. The number of aryl methyl sites for hydroxylation is 1. The lowest BCUT2D eigenvalue weighted by molar-refractivity contribution is 0.102. The van der Waals surface area contributed by atoms with Crippen molar-refractivity contribution in [3.05, 3.63) is 53.2 Å². The number of amides is 1. The number of ether oxygens (including phenoxy) is 1. The molecule has 0 spiro atoms. The minimum atomic E-state index is -3.88. The minimum absolute atomic E-state index is 0.0459. The summed E-state index contributed by atoms with van der Waals surface area (Å²) < 4.78 is 33.6. The average molecular weight is 489 g/mol. The summed E-state index contributed by atoms with van der Waals surface area (Å²) >= 11 is 1.28. The monoisotopic (exact) mass is 488 g/mol. The Kier molecular flexibility index (Phi) is 6.86. The zero-order valence-corrected chi connectivity index (χ0v) is 19.9. The molecular formula is C21H24N6O4S2. The number of sulfonamides is 1. The van der Waals surface area contributed by atoms with Gasteiger partial charge < -0.3 is 9.64 Å². The third-order valence-corrected chi connectivity index (χ3v) is 8.15. The highest BCUT2D eigenvalue weighted by Gasteiger charge is 2.32. The van der Waals surface area contributed by atoms with E-state index in [0.717, 1.165) is 10.8 Å². The maximum atomic E-state index is 13.4. The van der Waals surface area contributed by atoms with Crippen LogP contribution in [0, 0.1) is 0 Å². The van der Waals surface area contributed by atoms with Gasteiger partial charge in [-0.15, -0.1) is 10.2 Å². The molecule has 0 bridgehead atoms. The molecule has 3 heterocycles. The molecule has 10 nitrogen and oxygen atoms in total. The zero-order valence-electron chi connectivity index (χ0n) is 18.3. The first-order valence-corrected chi connectivity index (χ1v) is 12.7. The molecule has 33 heavy (non-hydrogen) atoms. The predicted molar refractivity (Wildman–Crippen MR) is 125 cm³/mol. The molecule has 1 aliphatic rings. The van der Waals surface area contributed by atoms with Crippen molar-refractivity contribution in [2.24, 2.45) is 0 Å². The van der Waals surface area contributed by atoms with E-state index in [1.807, 2.05) is 30.0 Å². The Morgan fingerprint density at radius 3 is 2.58 bits per heavy atom. The summed E-state index contributed by atoms with van der Waals surface area (Å²) in [6, 6.07) is 10.00. The van der Waals surface area contributed by atoms with Crippen LogP contribution in [0.15, 0.2) is 47.5 Å². The number of carbonyl (C=O) groups is 1.